The first-order valence-electron chi connectivity index (χ1n) is 12.5. The molecule has 2 bridgehead atoms. The first-order chi connectivity index (χ1) is 15.2. The van der Waals surface area contributed by atoms with E-state index in [9.17, 15) is 14.7 Å². The Balaban J connectivity index is 1.73. The number of aliphatic hydroxyl groups is 1. The molecule has 176 valence electrons. The summed E-state index contributed by atoms with van der Waals surface area (Å²) < 4.78 is 4.86. The molecule has 3 fully saturated rings. The maximum absolute atomic E-state index is 14.0. The van der Waals surface area contributed by atoms with Crippen LogP contribution in [0.5, 0.6) is 0 Å². The SMILES string of the molecule is C/C=C1/C(=O)C2C[C@H](CC[C@]3(C)/C(=C(\C)CCC(=O)OC)CC[C@@H]23)[C@@]2(C)CCC(O)=CC12. The van der Waals surface area contributed by atoms with Crippen molar-refractivity contribution in [3.05, 3.63) is 34.6 Å². The molecule has 0 radical (unpaired) electrons. The second kappa shape index (κ2) is 8.50. The number of fused-ring (bicyclic) bond motifs is 6. The zero-order valence-corrected chi connectivity index (χ0v) is 20.5. The number of Topliss-reactive ketones (excluding diaryl/α,β-unsaturated/α-hetero) is 1. The molecule has 4 nitrogen and oxygen atoms in total. The summed E-state index contributed by atoms with van der Waals surface area (Å²) in [7, 11) is 1.45. The smallest absolute Gasteiger partial charge is 0.305 e. The van der Waals surface area contributed by atoms with Crippen LogP contribution in [0.1, 0.15) is 85.5 Å². The third-order valence-corrected chi connectivity index (χ3v) is 9.89. The molecule has 0 aliphatic heterocycles. The van der Waals surface area contributed by atoms with Crippen LogP contribution in [-0.2, 0) is 14.3 Å². The maximum Gasteiger partial charge on any atom is 0.305 e. The van der Waals surface area contributed by atoms with Crippen molar-refractivity contribution in [2.75, 3.05) is 7.11 Å². The fourth-order valence-electron chi connectivity index (χ4n) is 7.92. The van der Waals surface area contributed by atoms with Gasteiger partial charge in [0.15, 0.2) is 5.78 Å². The molecular weight excluding hydrogens is 400 g/mol. The monoisotopic (exact) mass is 440 g/mol. The van der Waals surface area contributed by atoms with Gasteiger partial charge in [-0.1, -0.05) is 31.1 Å². The Labute approximate surface area is 193 Å². The Morgan fingerprint density at radius 3 is 2.66 bits per heavy atom. The molecule has 3 saturated carbocycles. The molecule has 1 N–H and O–H groups in total. The van der Waals surface area contributed by atoms with Gasteiger partial charge >= 0.3 is 5.97 Å². The van der Waals surface area contributed by atoms with Crippen LogP contribution in [0, 0.1) is 34.5 Å². The van der Waals surface area contributed by atoms with Crippen LogP contribution in [0.15, 0.2) is 34.6 Å². The summed E-state index contributed by atoms with van der Waals surface area (Å²) in [5, 5.41) is 10.3. The predicted molar refractivity (Wildman–Crippen MR) is 126 cm³/mol. The number of ketones is 1. The minimum absolute atomic E-state index is 0.0251. The molecule has 0 spiro atoms. The molecule has 4 aliphatic rings. The van der Waals surface area contributed by atoms with Gasteiger partial charge in [-0.15, -0.1) is 0 Å². The van der Waals surface area contributed by atoms with Crippen molar-refractivity contribution in [1.82, 2.24) is 0 Å². The van der Waals surface area contributed by atoms with Gasteiger partial charge in [0.05, 0.1) is 12.9 Å². The molecule has 0 aromatic rings. The van der Waals surface area contributed by atoms with Crippen molar-refractivity contribution in [3.8, 4) is 0 Å². The van der Waals surface area contributed by atoms with E-state index in [1.807, 2.05) is 19.1 Å². The van der Waals surface area contributed by atoms with E-state index in [-0.39, 0.29) is 28.6 Å². The average Bonchev–Trinajstić information content (AvgIpc) is 2.98. The van der Waals surface area contributed by atoms with E-state index in [0.717, 1.165) is 56.9 Å². The molecule has 4 aliphatic carbocycles. The Hall–Kier alpha value is -1.84. The number of carbonyl (C=O) groups excluding carboxylic acids is 2. The third-order valence-electron chi connectivity index (χ3n) is 9.89. The van der Waals surface area contributed by atoms with E-state index in [1.165, 1.54) is 18.3 Å². The largest absolute Gasteiger partial charge is 0.513 e. The lowest BCUT2D eigenvalue weighted by molar-refractivity contribution is -0.140. The summed E-state index contributed by atoms with van der Waals surface area (Å²) in [6.07, 6.45) is 12.2. The minimum atomic E-state index is -0.154. The van der Waals surface area contributed by atoms with Gasteiger partial charge in [0, 0.05) is 24.7 Å². The maximum atomic E-state index is 14.0. The highest BCUT2D eigenvalue weighted by atomic mass is 16.5. The molecular formula is C28H40O4. The summed E-state index contributed by atoms with van der Waals surface area (Å²) in [5.41, 5.74) is 3.80. The van der Waals surface area contributed by atoms with E-state index >= 15 is 0 Å². The number of hydrogen-bond acceptors (Lipinski definition) is 4. The van der Waals surface area contributed by atoms with Gasteiger partial charge in [-0.3, -0.25) is 9.59 Å². The number of allylic oxidation sites excluding steroid dienone is 6. The van der Waals surface area contributed by atoms with Crippen LogP contribution in [0.4, 0.5) is 0 Å². The molecule has 32 heavy (non-hydrogen) atoms. The Morgan fingerprint density at radius 1 is 1.22 bits per heavy atom. The fraction of sp³-hybridized carbons (Fsp3) is 0.714. The number of rotatable bonds is 3. The van der Waals surface area contributed by atoms with Gasteiger partial charge in [0.1, 0.15) is 0 Å². The summed E-state index contributed by atoms with van der Waals surface area (Å²) in [6, 6.07) is 0. The van der Waals surface area contributed by atoms with Gasteiger partial charge in [0.25, 0.3) is 0 Å². The summed E-state index contributed by atoms with van der Waals surface area (Å²) in [4.78, 5) is 25.7. The van der Waals surface area contributed by atoms with Gasteiger partial charge in [-0.2, -0.15) is 0 Å². The average molecular weight is 441 g/mol. The third kappa shape index (κ3) is 3.58. The van der Waals surface area contributed by atoms with Crippen molar-refractivity contribution in [2.24, 2.45) is 34.5 Å². The number of hydrogen-bond donors (Lipinski definition) is 1. The van der Waals surface area contributed by atoms with Crippen LogP contribution < -0.4 is 0 Å². The van der Waals surface area contributed by atoms with E-state index < -0.39 is 0 Å². The highest BCUT2D eigenvalue weighted by molar-refractivity contribution is 5.99. The van der Waals surface area contributed by atoms with Gasteiger partial charge in [0.2, 0.25) is 0 Å². The first kappa shape index (κ1) is 23.3. The summed E-state index contributed by atoms with van der Waals surface area (Å²) in [5.74, 6) is 1.56. The second-order valence-electron chi connectivity index (χ2n) is 11.2. The van der Waals surface area contributed by atoms with Crippen LogP contribution >= 0.6 is 0 Å². The van der Waals surface area contributed by atoms with Crippen molar-refractivity contribution >= 4 is 11.8 Å². The minimum Gasteiger partial charge on any atom is -0.513 e. The molecule has 4 rings (SSSR count). The Bertz CT molecular complexity index is 893. The topological polar surface area (TPSA) is 63.6 Å². The standard InChI is InChI=1S/C28H40O4/c1-6-20-24-16-19(29)12-14-27(24,3)18-11-13-28(4)22(17(2)7-10-25(30)32-5)8-9-23(28)21(15-18)26(20)31/h6,16,18,21,23-24,29H,7-15H2,1-5H3/b20-6+,22-17+/t18-,21?,23-,24?,27+,28+/m0/s1. The lowest BCUT2D eigenvalue weighted by atomic mass is 9.59. The highest BCUT2D eigenvalue weighted by Crippen LogP contribution is 2.64. The molecule has 0 heterocycles. The van der Waals surface area contributed by atoms with Crippen molar-refractivity contribution in [3.63, 3.8) is 0 Å². The lowest BCUT2D eigenvalue weighted by Gasteiger charge is -2.45. The number of methoxy groups -OCH3 is 1. The fourth-order valence-corrected chi connectivity index (χ4v) is 7.92. The van der Waals surface area contributed by atoms with E-state index in [2.05, 4.69) is 20.8 Å². The molecule has 4 heteroatoms. The lowest BCUT2D eigenvalue weighted by Crippen LogP contribution is -2.38. The second-order valence-corrected chi connectivity index (χ2v) is 11.2. The number of aliphatic hydroxyl groups excluding tert-OH is 1. The van der Waals surface area contributed by atoms with Crippen LogP contribution in [0.25, 0.3) is 0 Å². The highest BCUT2D eigenvalue weighted by Gasteiger charge is 2.57. The van der Waals surface area contributed by atoms with E-state index in [0.29, 0.717) is 29.8 Å². The Kier molecular flexibility index (Phi) is 6.19. The van der Waals surface area contributed by atoms with E-state index in [4.69, 9.17) is 4.74 Å². The molecule has 6 atom stereocenters. The number of carbonyl (C=O) groups is 2. The normalized spacial score (nSPS) is 41.8. The molecule has 0 aromatic heterocycles. The molecule has 0 amide bonds. The first-order valence-corrected chi connectivity index (χ1v) is 12.5. The molecule has 2 unspecified atom stereocenters. The Morgan fingerprint density at radius 2 is 1.97 bits per heavy atom. The van der Waals surface area contributed by atoms with Crippen LogP contribution in [-0.4, -0.2) is 24.0 Å². The quantitative estimate of drug-likeness (QED) is 0.310. The number of esters is 1. The molecule has 0 aromatic carbocycles. The van der Waals surface area contributed by atoms with Gasteiger partial charge in [-0.05, 0) is 93.1 Å². The zero-order chi connectivity index (χ0) is 23.3. The van der Waals surface area contributed by atoms with Crippen molar-refractivity contribution in [2.45, 2.75) is 85.5 Å². The summed E-state index contributed by atoms with van der Waals surface area (Å²) >= 11 is 0. The van der Waals surface area contributed by atoms with Gasteiger partial charge < -0.3 is 9.84 Å². The van der Waals surface area contributed by atoms with E-state index in [1.54, 1.807) is 0 Å². The summed E-state index contributed by atoms with van der Waals surface area (Å²) in [6.45, 7) is 8.94. The molecule has 0 saturated heterocycles. The number of ether oxygens (including phenoxy) is 1. The van der Waals surface area contributed by atoms with Crippen molar-refractivity contribution in [1.29, 1.82) is 0 Å². The predicted octanol–water partition coefficient (Wildman–Crippen LogP) is 6.48. The van der Waals surface area contributed by atoms with Gasteiger partial charge in [-0.25, -0.2) is 0 Å². The van der Waals surface area contributed by atoms with Crippen LogP contribution in [0.2, 0.25) is 0 Å². The van der Waals surface area contributed by atoms with Crippen molar-refractivity contribution < 1.29 is 19.4 Å². The zero-order valence-electron chi connectivity index (χ0n) is 20.5. The van der Waals surface area contributed by atoms with Crippen LogP contribution in [0.3, 0.4) is 0 Å².